The van der Waals surface area contributed by atoms with Gasteiger partial charge in [-0.3, -0.25) is 4.79 Å². The number of anilines is 1. The minimum absolute atomic E-state index is 0.00566. The number of methoxy groups -OCH3 is 1. The van der Waals surface area contributed by atoms with Crippen LogP contribution in [-0.4, -0.2) is 19.6 Å². The van der Waals surface area contributed by atoms with Crippen molar-refractivity contribution < 1.29 is 9.53 Å². The molecule has 2 aromatic carbocycles. The highest BCUT2D eigenvalue weighted by Gasteiger charge is 2.10. The third-order valence-corrected chi connectivity index (χ3v) is 3.90. The van der Waals surface area contributed by atoms with Crippen molar-refractivity contribution in [3.05, 3.63) is 59.2 Å². The monoisotopic (exact) mass is 296 g/mol. The van der Waals surface area contributed by atoms with E-state index in [0.717, 1.165) is 36.5 Å². The van der Waals surface area contributed by atoms with E-state index in [1.54, 1.807) is 7.11 Å². The van der Waals surface area contributed by atoms with Gasteiger partial charge >= 0.3 is 0 Å². The molecule has 4 heteroatoms. The Labute approximate surface area is 130 Å². The summed E-state index contributed by atoms with van der Waals surface area (Å²) in [6.45, 7) is 1.90. The van der Waals surface area contributed by atoms with Crippen LogP contribution >= 0.6 is 0 Å². The van der Waals surface area contributed by atoms with Crippen molar-refractivity contribution in [2.24, 2.45) is 0 Å². The number of rotatable bonds is 4. The van der Waals surface area contributed by atoms with Crippen LogP contribution in [0.1, 0.15) is 16.7 Å². The average molecular weight is 296 g/mol. The van der Waals surface area contributed by atoms with E-state index in [1.165, 1.54) is 11.1 Å². The molecule has 2 N–H and O–H groups in total. The lowest BCUT2D eigenvalue weighted by molar-refractivity contribution is -0.115. The Kier molecular flexibility index (Phi) is 4.39. The summed E-state index contributed by atoms with van der Waals surface area (Å²) in [4.78, 5) is 12.1. The fourth-order valence-electron chi connectivity index (χ4n) is 2.69. The molecule has 0 bridgehead atoms. The van der Waals surface area contributed by atoms with Crippen molar-refractivity contribution >= 4 is 11.6 Å². The normalized spacial score (nSPS) is 13.3. The summed E-state index contributed by atoms with van der Waals surface area (Å²) in [6, 6.07) is 13.7. The Morgan fingerprint density at radius 3 is 2.77 bits per heavy atom. The second-order valence-electron chi connectivity index (χ2n) is 5.48. The molecule has 0 atom stereocenters. The van der Waals surface area contributed by atoms with Crippen molar-refractivity contribution in [1.82, 2.24) is 5.32 Å². The highest BCUT2D eigenvalue weighted by molar-refractivity contribution is 5.92. The zero-order valence-electron chi connectivity index (χ0n) is 12.7. The highest BCUT2D eigenvalue weighted by Crippen LogP contribution is 2.19. The third-order valence-electron chi connectivity index (χ3n) is 3.90. The molecule has 0 unspecified atom stereocenters. The van der Waals surface area contributed by atoms with Crippen LogP contribution in [0.5, 0.6) is 5.75 Å². The van der Waals surface area contributed by atoms with Crippen LogP contribution in [0.2, 0.25) is 0 Å². The second-order valence-corrected chi connectivity index (χ2v) is 5.48. The minimum Gasteiger partial charge on any atom is -0.497 e. The molecule has 114 valence electrons. The fraction of sp³-hybridized carbons (Fsp3) is 0.278. The van der Waals surface area contributed by atoms with Crippen LogP contribution < -0.4 is 15.4 Å². The molecule has 0 fully saturated rings. The lowest BCUT2D eigenvalue weighted by Crippen LogP contribution is -2.24. The van der Waals surface area contributed by atoms with Gasteiger partial charge in [0.1, 0.15) is 5.75 Å². The number of carbonyl (C=O) groups is 1. The summed E-state index contributed by atoms with van der Waals surface area (Å²) in [7, 11) is 1.63. The van der Waals surface area contributed by atoms with Gasteiger partial charge in [-0.05, 0) is 53.9 Å². The van der Waals surface area contributed by atoms with Gasteiger partial charge in [0.15, 0.2) is 0 Å². The zero-order valence-corrected chi connectivity index (χ0v) is 12.7. The number of carbonyl (C=O) groups excluding carboxylic acids is 1. The third kappa shape index (κ3) is 3.46. The summed E-state index contributed by atoms with van der Waals surface area (Å²) in [5.41, 5.74) is 4.47. The maximum absolute atomic E-state index is 12.1. The summed E-state index contributed by atoms with van der Waals surface area (Å²) >= 11 is 0. The van der Waals surface area contributed by atoms with Gasteiger partial charge < -0.3 is 15.4 Å². The molecule has 0 saturated heterocycles. The number of amides is 1. The van der Waals surface area contributed by atoms with Crippen LogP contribution in [0, 0.1) is 0 Å². The minimum atomic E-state index is -0.00566. The number of nitrogens with one attached hydrogen (secondary N) is 2. The topological polar surface area (TPSA) is 50.4 Å². The lowest BCUT2D eigenvalue weighted by Gasteiger charge is -2.18. The summed E-state index contributed by atoms with van der Waals surface area (Å²) in [5.74, 6) is 0.792. The highest BCUT2D eigenvalue weighted by atomic mass is 16.5. The van der Waals surface area contributed by atoms with E-state index in [9.17, 15) is 4.79 Å². The molecule has 1 heterocycles. The maximum Gasteiger partial charge on any atom is 0.228 e. The van der Waals surface area contributed by atoms with Crippen molar-refractivity contribution in [1.29, 1.82) is 0 Å². The van der Waals surface area contributed by atoms with Crippen molar-refractivity contribution in [2.45, 2.75) is 19.4 Å². The van der Waals surface area contributed by atoms with E-state index in [1.807, 2.05) is 30.3 Å². The van der Waals surface area contributed by atoms with Crippen molar-refractivity contribution in [3.8, 4) is 5.75 Å². The molecule has 0 aliphatic carbocycles. The van der Waals surface area contributed by atoms with E-state index in [2.05, 4.69) is 22.8 Å². The Morgan fingerprint density at radius 1 is 1.18 bits per heavy atom. The van der Waals surface area contributed by atoms with E-state index in [-0.39, 0.29) is 5.91 Å². The van der Waals surface area contributed by atoms with E-state index < -0.39 is 0 Å². The maximum atomic E-state index is 12.1. The van der Waals surface area contributed by atoms with E-state index in [4.69, 9.17) is 4.74 Å². The number of fused-ring (bicyclic) bond motifs is 1. The summed E-state index contributed by atoms with van der Waals surface area (Å²) < 4.78 is 5.12. The molecule has 1 aliphatic rings. The Bertz CT molecular complexity index is 665. The smallest absolute Gasteiger partial charge is 0.228 e. The number of hydrogen-bond acceptors (Lipinski definition) is 3. The Balaban J connectivity index is 1.63. The first-order valence-electron chi connectivity index (χ1n) is 7.50. The number of ether oxygens (including phenoxy) is 1. The van der Waals surface area contributed by atoms with Crippen LogP contribution in [0.15, 0.2) is 42.5 Å². The molecule has 1 amide bonds. The van der Waals surface area contributed by atoms with Crippen LogP contribution in [-0.2, 0) is 24.2 Å². The molecular weight excluding hydrogens is 276 g/mol. The second kappa shape index (κ2) is 6.62. The van der Waals surface area contributed by atoms with E-state index >= 15 is 0 Å². The Hall–Kier alpha value is -2.33. The molecule has 0 aromatic heterocycles. The quantitative estimate of drug-likeness (QED) is 0.911. The van der Waals surface area contributed by atoms with Crippen LogP contribution in [0.25, 0.3) is 0 Å². The predicted molar refractivity (Wildman–Crippen MR) is 87.2 cm³/mol. The molecule has 0 radical (unpaired) electrons. The number of hydrogen-bond donors (Lipinski definition) is 2. The van der Waals surface area contributed by atoms with Crippen LogP contribution in [0.3, 0.4) is 0 Å². The van der Waals surface area contributed by atoms with Gasteiger partial charge in [0.25, 0.3) is 0 Å². The molecule has 0 saturated carbocycles. The van der Waals surface area contributed by atoms with Gasteiger partial charge in [-0.15, -0.1) is 0 Å². The molecule has 22 heavy (non-hydrogen) atoms. The van der Waals surface area contributed by atoms with Crippen molar-refractivity contribution in [2.75, 3.05) is 19.0 Å². The fourth-order valence-corrected chi connectivity index (χ4v) is 2.69. The standard InChI is InChI=1S/C18H20N2O2/c1-22-17-6-2-13(3-7-17)10-18(21)20-16-5-4-14-8-9-19-12-15(14)11-16/h2-7,11,19H,8-10,12H2,1H3,(H,20,21). The molecular formula is C18H20N2O2. The van der Waals surface area contributed by atoms with Gasteiger partial charge in [-0.2, -0.15) is 0 Å². The average Bonchev–Trinajstić information content (AvgIpc) is 2.55. The Morgan fingerprint density at radius 2 is 2.00 bits per heavy atom. The van der Waals surface area contributed by atoms with Gasteiger partial charge in [-0.1, -0.05) is 18.2 Å². The molecule has 0 spiro atoms. The molecule has 3 rings (SSSR count). The van der Waals surface area contributed by atoms with Gasteiger partial charge in [0.2, 0.25) is 5.91 Å². The molecule has 1 aliphatic heterocycles. The van der Waals surface area contributed by atoms with Gasteiger partial charge in [0.05, 0.1) is 13.5 Å². The number of benzene rings is 2. The first-order valence-corrected chi connectivity index (χ1v) is 7.50. The first-order chi connectivity index (χ1) is 10.7. The van der Waals surface area contributed by atoms with Gasteiger partial charge in [-0.25, -0.2) is 0 Å². The van der Waals surface area contributed by atoms with Crippen molar-refractivity contribution in [3.63, 3.8) is 0 Å². The molecule has 2 aromatic rings. The largest absolute Gasteiger partial charge is 0.497 e. The first kappa shape index (κ1) is 14.6. The zero-order chi connectivity index (χ0) is 15.4. The van der Waals surface area contributed by atoms with E-state index in [0.29, 0.717) is 6.42 Å². The van der Waals surface area contributed by atoms with Crippen LogP contribution in [0.4, 0.5) is 5.69 Å². The molecule has 4 nitrogen and oxygen atoms in total. The summed E-state index contributed by atoms with van der Waals surface area (Å²) in [6.07, 6.45) is 1.41. The summed E-state index contributed by atoms with van der Waals surface area (Å²) in [5, 5.41) is 6.32. The van der Waals surface area contributed by atoms with Gasteiger partial charge in [0, 0.05) is 12.2 Å². The predicted octanol–water partition coefficient (Wildman–Crippen LogP) is 2.52. The SMILES string of the molecule is COc1ccc(CC(=O)Nc2ccc3c(c2)CNCC3)cc1. The lowest BCUT2D eigenvalue weighted by atomic mass is 10.0.